The maximum absolute atomic E-state index is 10.6. The largest absolute Gasteiger partial charge is 0.396 e. The van der Waals surface area contributed by atoms with E-state index in [1.165, 1.54) is 0 Å². The average molecular weight is 130 g/mol. The highest BCUT2D eigenvalue weighted by Crippen LogP contribution is 2.21. The van der Waals surface area contributed by atoms with Crippen LogP contribution in [-0.2, 0) is 4.79 Å². The third-order valence-electron chi connectivity index (χ3n) is 1.71. The van der Waals surface area contributed by atoms with Crippen LogP contribution in [0.2, 0.25) is 0 Å². The summed E-state index contributed by atoms with van der Waals surface area (Å²) in [4.78, 5) is 10.6. The molecule has 0 radical (unpaired) electrons. The third-order valence-corrected chi connectivity index (χ3v) is 1.71. The van der Waals surface area contributed by atoms with Crippen molar-refractivity contribution in [3.8, 4) is 0 Å². The van der Waals surface area contributed by atoms with Gasteiger partial charge < -0.3 is 10.2 Å². The minimum absolute atomic E-state index is 0.0570. The molecule has 9 heavy (non-hydrogen) atoms. The lowest BCUT2D eigenvalue weighted by Gasteiger charge is -2.07. The topological polar surface area (TPSA) is 57.5 Å². The number of ketones is 1. The van der Waals surface area contributed by atoms with Gasteiger partial charge in [-0.25, -0.2) is 0 Å². The SMILES string of the molecule is O=C1C[C@H](CO)[C@@H](O)C1. The summed E-state index contributed by atoms with van der Waals surface area (Å²) in [7, 11) is 0. The Morgan fingerprint density at radius 2 is 2.22 bits per heavy atom. The van der Waals surface area contributed by atoms with E-state index in [1.807, 2.05) is 0 Å². The smallest absolute Gasteiger partial charge is 0.135 e. The Labute approximate surface area is 53.3 Å². The van der Waals surface area contributed by atoms with Crippen LogP contribution in [0.4, 0.5) is 0 Å². The minimum Gasteiger partial charge on any atom is -0.396 e. The summed E-state index contributed by atoms with van der Waals surface area (Å²) in [5, 5.41) is 17.5. The molecule has 0 heterocycles. The van der Waals surface area contributed by atoms with Crippen molar-refractivity contribution in [1.82, 2.24) is 0 Å². The number of carbonyl (C=O) groups excluding carboxylic acids is 1. The van der Waals surface area contributed by atoms with E-state index in [2.05, 4.69) is 0 Å². The quantitative estimate of drug-likeness (QED) is 0.494. The van der Waals surface area contributed by atoms with Gasteiger partial charge in [-0.1, -0.05) is 0 Å². The van der Waals surface area contributed by atoms with Gasteiger partial charge in [0.25, 0.3) is 0 Å². The molecule has 0 aromatic rings. The number of aliphatic hydroxyl groups is 2. The summed E-state index contributed by atoms with van der Waals surface area (Å²) in [5.74, 6) is -0.140. The molecule has 1 aliphatic rings. The van der Waals surface area contributed by atoms with Crippen LogP contribution in [0.1, 0.15) is 12.8 Å². The second-order valence-corrected chi connectivity index (χ2v) is 2.46. The Hall–Kier alpha value is -0.410. The molecule has 0 aliphatic heterocycles. The van der Waals surface area contributed by atoms with Crippen LogP contribution in [0.15, 0.2) is 0 Å². The molecule has 1 fully saturated rings. The normalized spacial score (nSPS) is 35.6. The Morgan fingerprint density at radius 3 is 2.44 bits per heavy atom. The van der Waals surface area contributed by atoms with Crippen LogP contribution in [0.3, 0.4) is 0 Å². The molecule has 1 saturated carbocycles. The first-order valence-electron chi connectivity index (χ1n) is 3.04. The molecule has 3 nitrogen and oxygen atoms in total. The molecular formula is C6H10O3. The van der Waals surface area contributed by atoms with E-state index in [0.29, 0.717) is 6.42 Å². The highest BCUT2D eigenvalue weighted by Gasteiger charge is 2.30. The number of Topliss-reactive ketones (excluding diaryl/α,β-unsaturated/α-hetero) is 1. The van der Waals surface area contributed by atoms with Crippen molar-refractivity contribution < 1.29 is 15.0 Å². The van der Waals surface area contributed by atoms with E-state index in [-0.39, 0.29) is 24.7 Å². The number of carbonyl (C=O) groups is 1. The second kappa shape index (κ2) is 2.45. The lowest BCUT2D eigenvalue weighted by molar-refractivity contribution is -0.118. The van der Waals surface area contributed by atoms with E-state index in [1.54, 1.807) is 0 Å². The number of rotatable bonds is 1. The maximum atomic E-state index is 10.6. The fraction of sp³-hybridized carbons (Fsp3) is 0.833. The van der Waals surface area contributed by atoms with Crippen LogP contribution in [0.25, 0.3) is 0 Å². The van der Waals surface area contributed by atoms with Gasteiger partial charge in [0, 0.05) is 25.4 Å². The van der Waals surface area contributed by atoms with Crippen LogP contribution in [-0.4, -0.2) is 28.7 Å². The fourth-order valence-electron chi connectivity index (χ4n) is 1.10. The lowest BCUT2D eigenvalue weighted by atomic mass is 10.1. The first-order valence-corrected chi connectivity index (χ1v) is 3.04. The molecule has 0 saturated heterocycles. The van der Waals surface area contributed by atoms with Crippen molar-refractivity contribution >= 4 is 5.78 Å². The second-order valence-electron chi connectivity index (χ2n) is 2.46. The van der Waals surface area contributed by atoms with E-state index in [4.69, 9.17) is 10.2 Å². The molecule has 0 bridgehead atoms. The molecule has 2 N–H and O–H groups in total. The minimum atomic E-state index is -0.595. The van der Waals surface area contributed by atoms with Crippen LogP contribution in [0.5, 0.6) is 0 Å². The zero-order chi connectivity index (χ0) is 6.85. The van der Waals surface area contributed by atoms with Crippen LogP contribution in [0, 0.1) is 5.92 Å². The molecule has 1 rings (SSSR count). The Balaban J connectivity index is 2.47. The molecule has 0 amide bonds. The summed E-state index contributed by atoms with van der Waals surface area (Å²) in [6, 6.07) is 0. The lowest BCUT2D eigenvalue weighted by Crippen LogP contribution is -2.16. The average Bonchev–Trinajstić information content (AvgIpc) is 2.10. The van der Waals surface area contributed by atoms with Crippen LogP contribution >= 0.6 is 0 Å². The summed E-state index contributed by atoms with van der Waals surface area (Å²) >= 11 is 0. The van der Waals surface area contributed by atoms with E-state index < -0.39 is 6.10 Å². The van der Waals surface area contributed by atoms with Crippen molar-refractivity contribution in [2.24, 2.45) is 5.92 Å². The predicted octanol–water partition coefficient (Wildman–Crippen LogP) is -0.681. The standard InChI is InChI=1S/C6H10O3/c7-3-4-1-5(8)2-6(4)9/h4,6-7,9H,1-3H2/t4-,6+/m1/s1. The van der Waals surface area contributed by atoms with Gasteiger partial charge in [0.05, 0.1) is 6.10 Å². The van der Waals surface area contributed by atoms with Gasteiger partial charge in [0.2, 0.25) is 0 Å². The molecule has 2 atom stereocenters. The molecule has 0 aromatic heterocycles. The van der Waals surface area contributed by atoms with Crippen molar-refractivity contribution in [3.63, 3.8) is 0 Å². The van der Waals surface area contributed by atoms with Crippen molar-refractivity contribution in [3.05, 3.63) is 0 Å². The zero-order valence-electron chi connectivity index (χ0n) is 5.08. The molecule has 0 unspecified atom stereocenters. The number of hydrogen-bond acceptors (Lipinski definition) is 3. The number of hydrogen-bond donors (Lipinski definition) is 2. The Kier molecular flexibility index (Phi) is 1.83. The van der Waals surface area contributed by atoms with Gasteiger partial charge in [-0.3, -0.25) is 4.79 Å². The van der Waals surface area contributed by atoms with E-state index >= 15 is 0 Å². The van der Waals surface area contributed by atoms with Gasteiger partial charge in [-0.2, -0.15) is 0 Å². The van der Waals surface area contributed by atoms with E-state index in [9.17, 15) is 4.79 Å². The van der Waals surface area contributed by atoms with Gasteiger partial charge >= 0.3 is 0 Å². The predicted molar refractivity (Wildman–Crippen MR) is 30.8 cm³/mol. The molecule has 0 aromatic carbocycles. The van der Waals surface area contributed by atoms with Gasteiger partial charge in [0.1, 0.15) is 5.78 Å². The fourth-order valence-corrected chi connectivity index (χ4v) is 1.10. The third kappa shape index (κ3) is 1.28. The Morgan fingerprint density at radius 1 is 1.56 bits per heavy atom. The summed E-state index contributed by atoms with van der Waals surface area (Å²) < 4.78 is 0. The van der Waals surface area contributed by atoms with Crippen molar-refractivity contribution in [2.75, 3.05) is 6.61 Å². The molecule has 52 valence electrons. The summed E-state index contributed by atoms with van der Waals surface area (Å²) in [5.41, 5.74) is 0. The molecule has 1 aliphatic carbocycles. The van der Waals surface area contributed by atoms with Crippen molar-refractivity contribution in [1.29, 1.82) is 0 Å². The van der Waals surface area contributed by atoms with Gasteiger partial charge in [0.15, 0.2) is 0 Å². The van der Waals surface area contributed by atoms with Gasteiger partial charge in [-0.15, -0.1) is 0 Å². The first kappa shape index (κ1) is 6.71. The van der Waals surface area contributed by atoms with Crippen LogP contribution < -0.4 is 0 Å². The molecule has 3 heteroatoms. The first-order chi connectivity index (χ1) is 4.24. The van der Waals surface area contributed by atoms with Crippen molar-refractivity contribution in [2.45, 2.75) is 18.9 Å². The molecule has 0 spiro atoms. The maximum Gasteiger partial charge on any atom is 0.135 e. The van der Waals surface area contributed by atoms with E-state index in [0.717, 1.165) is 0 Å². The Bertz CT molecular complexity index is 121. The monoisotopic (exact) mass is 130 g/mol. The highest BCUT2D eigenvalue weighted by molar-refractivity contribution is 5.81. The number of aliphatic hydroxyl groups excluding tert-OH is 2. The summed E-state index contributed by atoms with van der Waals surface area (Å²) in [6.45, 7) is -0.0765. The highest BCUT2D eigenvalue weighted by atomic mass is 16.3. The summed E-state index contributed by atoms with van der Waals surface area (Å²) in [6.07, 6.45) is -0.0226. The van der Waals surface area contributed by atoms with Gasteiger partial charge in [-0.05, 0) is 0 Å². The zero-order valence-corrected chi connectivity index (χ0v) is 5.08. The molecular weight excluding hydrogens is 120 g/mol.